The summed E-state index contributed by atoms with van der Waals surface area (Å²) < 4.78 is 61.9. The number of fused-ring (bicyclic) bond motifs is 3. The summed E-state index contributed by atoms with van der Waals surface area (Å²) in [6, 6.07) is 6.44. The molecule has 3 aromatic rings. The molecule has 11 heteroatoms. The van der Waals surface area contributed by atoms with Crippen molar-refractivity contribution in [3.8, 4) is 5.75 Å². The van der Waals surface area contributed by atoms with E-state index in [2.05, 4.69) is 4.98 Å². The van der Waals surface area contributed by atoms with Gasteiger partial charge >= 0.3 is 5.97 Å². The first-order chi connectivity index (χ1) is 17.6. The van der Waals surface area contributed by atoms with Crippen LogP contribution in [0.2, 0.25) is 0 Å². The van der Waals surface area contributed by atoms with Gasteiger partial charge in [0, 0.05) is 34.7 Å². The summed E-state index contributed by atoms with van der Waals surface area (Å²) in [6.07, 6.45) is 0.539. The Morgan fingerprint density at radius 3 is 2.70 bits per heavy atom. The van der Waals surface area contributed by atoms with E-state index in [1.54, 1.807) is 19.9 Å². The predicted molar refractivity (Wildman–Crippen MR) is 135 cm³/mol. The van der Waals surface area contributed by atoms with E-state index in [9.17, 15) is 22.7 Å². The van der Waals surface area contributed by atoms with Gasteiger partial charge in [0.05, 0.1) is 18.6 Å². The number of aliphatic carboxylic acids is 1. The average Bonchev–Trinajstić information content (AvgIpc) is 3.18. The van der Waals surface area contributed by atoms with Gasteiger partial charge in [-0.05, 0) is 61.7 Å². The molecule has 37 heavy (non-hydrogen) atoms. The highest BCUT2D eigenvalue weighted by Crippen LogP contribution is 2.44. The molecule has 0 amide bonds. The number of halogens is 2. The van der Waals surface area contributed by atoms with Gasteiger partial charge in [-0.3, -0.25) is 9.69 Å². The molecule has 200 valence electrons. The zero-order chi connectivity index (χ0) is 26.9. The van der Waals surface area contributed by atoms with E-state index in [4.69, 9.17) is 9.47 Å². The van der Waals surface area contributed by atoms with Crippen molar-refractivity contribution >= 4 is 27.6 Å². The number of carboxylic acid groups (broad SMARTS) is 1. The van der Waals surface area contributed by atoms with E-state index in [1.807, 2.05) is 11.8 Å². The van der Waals surface area contributed by atoms with Gasteiger partial charge in [-0.15, -0.1) is 0 Å². The van der Waals surface area contributed by atoms with Crippen LogP contribution in [0.15, 0.2) is 30.3 Å². The summed E-state index contributed by atoms with van der Waals surface area (Å²) in [5, 5.41) is 10.3. The quantitative estimate of drug-likeness (QED) is 0.267. The fourth-order valence-electron chi connectivity index (χ4n) is 5.03. The van der Waals surface area contributed by atoms with Crippen LogP contribution in [-0.4, -0.2) is 61.1 Å². The number of nitrogens with one attached hydrogen (secondary N) is 1. The number of ether oxygens (including phenoxy) is 2. The Hall–Kier alpha value is -3.02. The van der Waals surface area contributed by atoms with E-state index in [0.29, 0.717) is 29.0 Å². The number of aromatic nitrogens is 1. The van der Waals surface area contributed by atoms with Crippen LogP contribution < -0.4 is 4.74 Å². The van der Waals surface area contributed by atoms with Crippen molar-refractivity contribution in [3.63, 3.8) is 0 Å². The highest BCUT2D eigenvalue weighted by molar-refractivity contribution is 7.72. The van der Waals surface area contributed by atoms with E-state index in [1.165, 1.54) is 24.3 Å². The lowest BCUT2D eigenvalue weighted by Gasteiger charge is -2.42. The normalized spacial score (nSPS) is 18.8. The lowest BCUT2D eigenvalue weighted by Crippen LogP contribution is -2.46. The summed E-state index contributed by atoms with van der Waals surface area (Å²) in [5.74, 6) is -2.52. The Balaban J connectivity index is 1.79. The van der Waals surface area contributed by atoms with Crippen LogP contribution >= 0.6 is 0 Å². The van der Waals surface area contributed by atoms with Crippen molar-refractivity contribution in [2.45, 2.75) is 39.3 Å². The molecule has 1 aromatic heterocycles. The summed E-state index contributed by atoms with van der Waals surface area (Å²) in [7, 11) is -2.65. The van der Waals surface area contributed by atoms with Gasteiger partial charge in [0.15, 0.2) is 10.7 Å². The maximum atomic E-state index is 15.6. The monoisotopic (exact) mass is 536 g/mol. The van der Waals surface area contributed by atoms with Crippen molar-refractivity contribution in [1.82, 2.24) is 9.88 Å². The number of thiol groups is 1. The first kappa shape index (κ1) is 27.0. The van der Waals surface area contributed by atoms with Crippen LogP contribution in [0.1, 0.15) is 42.3 Å². The van der Waals surface area contributed by atoms with Crippen LogP contribution in [0.5, 0.6) is 5.75 Å². The summed E-state index contributed by atoms with van der Waals surface area (Å²) in [4.78, 5) is 17.0. The number of rotatable bonds is 10. The molecule has 4 rings (SSSR count). The molecule has 8 nitrogen and oxygen atoms in total. The number of nitrogens with zero attached hydrogens (tertiary/aromatic N) is 1. The Labute approximate surface area is 215 Å². The van der Waals surface area contributed by atoms with Gasteiger partial charge in [0.2, 0.25) is 0 Å². The third-order valence-electron chi connectivity index (χ3n) is 6.85. The van der Waals surface area contributed by atoms with Crippen molar-refractivity contribution in [1.29, 1.82) is 0 Å². The van der Waals surface area contributed by atoms with Gasteiger partial charge in [-0.25, -0.2) is 17.2 Å². The van der Waals surface area contributed by atoms with Crippen molar-refractivity contribution in [3.05, 3.63) is 64.4 Å². The average molecular weight is 537 g/mol. The van der Waals surface area contributed by atoms with Gasteiger partial charge in [0.1, 0.15) is 29.9 Å². The second-order valence-electron chi connectivity index (χ2n) is 9.40. The van der Waals surface area contributed by atoms with Gasteiger partial charge in [0.25, 0.3) is 0 Å². The zero-order valence-corrected chi connectivity index (χ0v) is 21.7. The summed E-state index contributed by atoms with van der Waals surface area (Å²) in [5.41, 5.74) is 3.14. The number of H-pyrrole nitrogens is 1. The van der Waals surface area contributed by atoms with Crippen LogP contribution in [0.25, 0.3) is 10.9 Å². The molecular formula is C26H30F2N2O6S. The maximum Gasteiger partial charge on any atom is 0.307 e. The van der Waals surface area contributed by atoms with Gasteiger partial charge < -0.3 is 19.6 Å². The molecule has 0 bridgehead atoms. The smallest absolute Gasteiger partial charge is 0.307 e. The zero-order valence-electron chi connectivity index (χ0n) is 20.8. The fourth-order valence-corrected chi connectivity index (χ4v) is 5.31. The Kier molecular flexibility index (Phi) is 8.15. The number of hydrogen-bond acceptors (Lipinski definition) is 6. The minimum absolute atomic E-state index is 0.0376. The van der Waals surface area contributed by atoms with E-state index >= 15 is 4.39 Å². The number of carboxylic acids is 1. The van der Waals surface area contributed by atoms with Crippen LogP contribution in [0, 0.1) is 24.5 Å². The molecule has 0 saturated carbocycles. The van der Waals surface area contributed by atoms with E-state index in [-0.39, 0.29) is 31.6 Å². The first-order valence-corrected chi connectivity index (χ1v) is 13.3. The third-order valence-corrected chi connectivity index (χ3v) is 7.24. The van der Waals surface area contributed by atoms with Crippen molar-refractivity contribution < 1.29 is 36.6 Å². The highest BCUT2D eigenvalue weighted by Gasteiger charge is 2.39. The largest absolute Gasteiger partial charge is 0.491 e. The lowest BCUT2D eigenvalue weighted by atomic mass is 9.85. The predicted octanol–water partition coefficient (Wildman–Crippen LogP) is 3.78. The molecule has 0 aliphatic carbocycles. The summed E-state index contributed by atoms with van der Waals surface area (Å²) in [6.45, 7) is 5.57. The Morgan fingerprint density at radius 1 is 1.24 bits per heavy atom. The molecule has 0 spiro atoms. The molecule has 1 aliphatic rings. The van der Waals surface area contributed by atoms with Crippen LogP contribution in [0.3, 0.4) is 0 Å². The first-order valence-electron chi connectivity index (χ1n) is 12.0. The molecular weight excluding hydrogens is 506 g/mol. The Bertz CT molecular complexity index is 1380. The standard InChI is InChI=1S/C26H30F2N2O6S/c1-14(26(31)32)12-30-15(2)10-19-18-11-17(27)4-6-21(18)29-24(19)25(30)23-16(3)22(7-5-20(23)28)36-9-8-35-13-37(33)34/h4-7,11,14-15,25,29,37H,8-10,12-13H2,1-3H3,(H,31,32)/t14-,15-,25-/m1/s1. The SMILES string of the molecule is Cc1c(OCCOC[SH](=O)=O)ccc(F)c1[C@@H]1c2[nH]c3ccc(F)cc3c2C[C@@H](C)N1C[C@@H](C)C(=O)O. The van der Waals surface area contributed by atoms with E-state index < -0.39 is 40.4 Å². The maximum absolute atomic E-state index is 15.6. The molecule has 0 radical (unpaired) electrons. The van der Waals surface area contributed by atoms with Gasteiger partial charge in [-0.2, -0.15) is 0 Å². The second-order valence-corrected chi connectivity index (χ2v) is 10.3. The molecule has 2 N–H and O–H groups in total. The summed E-state index contributed by atoms with van der Waals surface area (Å²) >= 11 is 0. The number of hydrogen-bond donors (Lipinski definition) is 3. The van der Waals surface area contributed by atoms with E-state index in [0.717, 1.165) is 16.5 Å². The lowest BCUT2D eigenvalue weighted by molar-refractivity contribution is -0.142. The fraction of sp³-hybridized carbons (Fsp3) is 0.423. The molecule has 0 saturated heterocycles. The third kappa shape index (κ3) is 5.63. The molecule has 0 unspecified atom stereocenters. The van der Waals surface area contributed by atoms with Gasteiger partial charge in [-0.1, -0.05) is 6.92 Å². The second kappa shape index (κ2) is 11.2. The molecule has 1 aliphatic heterocycles. The minimum Gasteiger partial charge on any atom is -0.491 e. The molecule has 2 heterocycles. The molecule has 0 fully saturated rings. The highest BCUT2D eigenvalue weighted by atomic mass is 32.2. The van der Waals surface area contributed by atoms with Crippen molar-refractivity contribution in [2.75, 3.05) is 25.7 Å². The number of benzene rings is 2. The number of carbonyl (C=O) groups is 1. The Morgan fingerprint density at radius 2 is 2.00 bits per heavy atom. The minimum atomic E-state index is -2.65. The number of aromatic amines is 1. The molecule has 2 aromatic carbocycles. The molecule has 3 atom stereocenters. The van der Waals surface area contributed by atoms with Crippen LogP contribution in [0.4, 0.5) is 8.78 Å². The van der Waals surface area contributed by atoms with Crippen molar-refractivity contribution in [2.24, 2.45) is 5.92 Å². The topological polar surface area (TPSA) is 109 Å². The van der Waals surface area contributed by atoms with Crippen LogP contribution in [-0.2, 0) is 26.7 Å².